The Hall–Kier alpha value is 0.0700. The Morgan fingerprint density at radius 3 is 1.69 bits per heavy atom. The zero-order valence-electron chi connectivity index (χ0n) is 7.94. The minimum absolute atomic E-state index is 0. The van der Waals surface area contributed by atoms with Gasteiger partial charge < -0.3 is 13.9 Å². The van der Waals surface area contributed by atoms with Crippen LogP contribution in [-0.2, 0) is 13.6 Å². The summed E-state index contributed by atoms with van der Waals surface area (Å²) in [6, 6.07) is 0. The molecule has 0 fully saturated rings. The van der Waals surface area contributed by atoms with Crippen molar-refractivity contribution >= 4 is 7.82 Å². The van der Waals surface area contributed by atoms with Gasteiger partial charge in [0.05, 0.1) is 27.7 Å². The summed E-state index contributed by atoms with van der Waals surface area (Å²) in [6.45, 7) is 1.79. The number of nitrogens with zero attached hydrogens (tertiary/aromatic N) is 1. The molecule has 0 heterocycles. The van der Waals surface area contributed by atoms with E-state index in [-0.39, 0.29) is 43.0 Å². The van der Waals surface area contributed by atoms with E-state index in [1.807, 2.05) is 21.1 Å². The maximum atomic E-state index is 10.9. The smallest absolute Gasteiger partial charge is 0.272 e. The van der Waals surface area contributed by atoms with E-state index in [0.29, 0.717) is 4.48 Å². The van der Waals surface area contributed by atoms with E-state index in [1.54, 1.807) is 6.92 Å². The second-order valence-electron chi connectivity index (χ2n) is 3.41. The van der Waals surface area contributed by atoms with E-state index in [9.17, 15) is 9.46 Å². The number of phosphoric acid groups is 1. The summed E-state index contributed by atoms with van der Waals surface area (Å²) in [6.07, 6.45) is 0. The zero-order valence-corrected chi connectivity index (χ0v) is 8.84. The molecule has 6 heteroatoms. The molecule has 5 nitrogen and oxygen atoms in total. The third kappa shape index (κ3) is 19.6. The van der Waals surface area contributed by atoms with Gasteiger partial charge >= 0.3 is 0 Å². The van der Waals surface area contributed by atoms with Crippen molar-refractivity contribution in [2.24, 2.45) is 0 Å². The van der Waals surface area contributed by atoms with Crippen LogP contribution in [0.5, 0.6) is 0 Å². The van der Waals surface area contributed by atoms with Gasteiger partial charge in [0.2, 0.25) is 0 Å². The molecule has 0 radical (unpaired) electrons. The van der Waals surface area contributed by atoms with Crippen molar-refractivity contribution in [3.05, 3.63) is 0 Å². The van der Waals surface area contributed by atoms with Gasteiger partial charge in [0.1, 0.15) is 0 Å². The standard InChI is InChI=1S/C6H16NO4P.4CH4/c1-5-10-12(8,9)11-6-7(2,3)4;;;;/h5-6H2,1-4H3;4*1H4. The minimum Gasteiger partial charge on any atom is -0.756 e. The Balaban J connectivity index is -0.000000101. The van der Waals surface area contributed by atoms with Crippen molar-refractivity contribution in [1.29, 1.82) is 0 Å². The summed E-state index contributed by atoms with van der Waals surface area (Å²) in [5.74, 6) is 0. The van der Waals surface area contributed by atoms with E-state index < -0.39 is 7.82 Å². The predicted octanol–water partition coefficient (Wildman–Crippen LogP) is 2.72. The molecule has 0 aromatic rings. The third-order valence-electron chi connectivity index (χ3n) is 0.890. The van der Waals surface area contributed by atoms with Gasteiger partial charge in [-0.25, -0.2) is 0 Å². The van der Waals surface area contributed by atoms with E-state index in [0.717, 1.165) is 0 Å². The number of phosphoric ester groups is 1. The van der Waals surface area contributed by atoms with Crippen molar-refractivity contribution in [3.8, 4) is 0 Å². The van der Waals surface area contributed by atoms with Crippen LogP contribution < -0.4 is 4.89 Å². The lowest BCUT2D eigenvalue weighted by Crippen LogP contribution is -2.37. The average molecular weight is 261 g/mol. The number of rotatable bonds is 5. The molecule has 0 N–H and O–H groups in total. The van der Waals surface area contributed by atoms with Gasteiger partial charge in [-0.1, -0.05) is 29.7 Å². The molecule has 0 aromatic heterocycles. The second kappa shape index (κ2) is 11.6. The molecule has 0 amide bonds. The lowest BCUT2D eigenvalue weighted by Gasteiger charge is -2.28. The lowest BCUT2D eigenvalue weighted by atomic mass is 10.7. The molecule has 16 heavy (non-hydrogen) atoms. The van der Waals surface area contributed by atoms with Gasteiger partial charge in [-0.2, -0.15) is 0 Å². The van der Waals surface area contributed by atoms with Crippen LogP contribution in [0.1, 0.15) is 36.6 Å². The van der Waals surface area contributed by atoms with Gasteiger partial charge in [0.25, 0.3) is 7.82 Å². The molecule has 0 rings (SSSR count). The Kier molecular flexibility index (Phi) is 21.5. The van der Waals surface area contributed by atoms with Gasteiger partial charge in [-0.05, 0) is 6.92 Å². The summed E-state index contributed by atoms with van der Waals surface area (Å²) in [4.78, 5) is 10.9. The van der Waals surface area contributed by atoms with Crippen LogP contribution in [0.25, 0.3) is 0 Å². The van der Waals surface area contributed by atoms with E-state index in [1.165, 1.54) is 0 Å². The van der Waals surface area contributed by atoms with Crippen molar-refractivity contribution < 1.29 is 23.0 Å². The number of hydrogen-bond donors (Lipinski definition) is 0. The molecule has 0 saturated heterocycles. The summed E-state index contributed by atoms with van der Waals surface area (Å²) in [7, 11) is 1.42. The van der Waals surface area contributed by atoms with Crippen LogP contribution in [0.2, 0.25) is 0 Å². The lowest BCUT2D eigenvalue weighted by molar-refractivity contribution is -0.887. The topological polar surface area (TPSA) is 58.6 Å². The summed E-state index contributed by atoms with van der Waals surface area (Å²) in [5, 5.41) is 0. The molecule has 0 saturated carbocycles. The molecular formula is C10H32NO4P. The van der Waals surface area contributed by atoms with Crippen molar-refractivity contribution in [2.45, 2.75) is 36.6 Å². The van der Waals surface area contributed by atoms with Crippen LogP contribution in [0.4, 0.5) is 0 Å². The Bertz CT molecular complexity index is 180. The first kappa shape index (κ1) is 29.8. The molecule has 0 aromatic carbocycles. The van der Waals surface area contributed by atoms with Crippen LogP contribution in [0, 0.1) is 0 Å². The molecule has 106 valence electrons. The predicted molar refractivity (Wildman–Crippen MR) is 70.1 cm³/mol. The van der Waals surface area contributed by atoms with E-state index >= 15 is 0 Å². The van der Waals surface area contributed by atoms with Crippen LogP contribution in [-0.4, -0.2) is 39.0 Å². The van der Waals surface area contributed by atoms with E-state index in [4.69, 9.17) is 0 Å². The molecule has 0 spiro atoms. The van der Waals surface area contributed by atoms with Crippen molar-refractivity contribution in [2.75, 3.05) is 34.5 Å². The Morgan fingerprint density at radius 1 is 1.06 bits per heavy atom. The molecule has 0 aliphatic carbocycles. The van der Waals surface area contributed by atoms with Gasteiger partial charge in [-0.15, -0.1) is 0 Å². The third-order valence-corrected chi connectivity index (χ3v) is 1.90. The van der Waals surface area contributed by atoms with Crippen molar-refractivity contribution in [3.63, 3.8) is 0 Å². The Labute approximate surface area is 103 Å². The normalized spacial score (nSPS) is 13.1. The fourth-order valence-electron chi connectivity index (χ4n) is 0.439. The SMILES string of the molecule is C.C.C.C.CCOP(=O)([O-])OC[N+](C)(C)C. The maximum Gasteiger partial charge on any atom is 0.272 e. The van der Waals surface area contributed by atoms with Gasteiger partial charge in [-0.3, -0.25) is 9.09 Å². The monoisotopic (exact) mass is 261 g/mol. The van der Waals surface area contributed by atoms with Crippen LogP contribution in [0.3, 0.4) is 0 Å². The highest BCUT2D eigenvalue weighted by Crippen LogP contribution is 2.38. The first-order chi connectivity index (χ1) is 5.27. The number of hydrogen-bond acceptors (Lipinski definition) is 4. The quantitative estimate of drug-likeness (QED) is 0.434. The summed E-state index contributed by atoms with van der Waals surface area (Å²) in [5.41, 5.74) is 0. The highest BCUT2D eigenvalue weighted by atomic mass is 31.2. The zero-order chi connectivity index (χ0) is 9.83. The average Bonchev–Trinajstić information content (AvgIpc) is 1.83. The molecular weight excluding hydrogens is 229 g/mol. The summed E-state index contributed by atoms with van der Waals surface area (Å²) >= 11 is 0. The molecule has 0 aliphatic rings. The maximum absolute atomic E-state index is 10.9. The fourth-order valence-corrected chi connectivity index (χ4v) is 1.32. The van der Waals surface area contributed by atoms with Crippen molar-refractivity contribution in [1.82, 2.24) is 0 Å². The molecule has 1 unspecified atom stereocenters. The molecule has 0 aliphatic heterocycles. The van der Waals surface area contributed by atoms with Crippen LogP contribution >= 0.6 is 7.82 Å². The highest BCUT2D eigenvalue weighted by molar-refractivity contribution is 7.45. The second-order valence-corrected chi connectivity index (χ2v) is 4.82. The largest absolute Gasteiger partial charge is 0.756 e. The van der Waals surface area contributed by atoms with Crippen LogP contribution in [0.15, 0.2) is 0 Å². The Morgan fingerprint density at radius 2 is 1.44 bits per heavy atom. The molecule has 1 atom stereocenters. The minimum atomic E-state index is -4.05. The summed E-state index contributed by atoms with van der Waals surface area (Å²) < 4.78 is 20.2. The highest BCUT2D eigenvalue weighted by Gasteiger charge is 2.14. The first-order valence-electron chi connectivity index (χ1n) is 3.67. The van der Waals surface area contributed by atoms with Gasteiger partial charge in [0, 0.05) is 0 Å². The molecule has 0 bridgehead atoms. The number of quaternary nitrogens is 1. The van der Waals surface area contributed by atoms with E-state index in [2.05, 4.69) is 9.05 Å². The van der Waals surface area contributed by atoms with Gasteiger partial charge in [0.15, 0.2) is 6.73 Å². The fraction of sp³-hybridized carbons (Fsp3) is 1.00. The first-order valence-corrected chi connectivity index (χ1v) is 5.13.